The zero-order valence-electron chi connectivity index (χ0n) is 12.5. The van der Waals surface area contributed by atoms with Crippen LogP contribution in [0.25, 0.3) is 0 Å². The molecule has 0 spiro atoms. The van der Waals surface area contributed by atoms with E-state index in [2.05, 4.69) is 0 Å². The fraction of sp³-hybridized carbons (Fsp3) is 0.600. The van der Waals surface area contributed by atoms with Crippen LogP contribution in [0.5, 0.6) is 0 Å². The molecule has 2 rings (SSSR count). The molecule has 1 amide bonds. The molecule has 116 valence electrons. The van der Waals surface area contributed by atoms with Crippen molar-refractivity contribution < 1.29 is 19.4 Å². The maximum atomic E-state index is 12.1. The summed E-state index contributed by atoms with van der Waals surface area (Å²) < 4.78 is 5.28. The molecule has 0 aromatic carbocycles. The topological polar surface area (TPSA) is 69.7 Å². The minimum Gasteiger partial charge on any atom is -0.548 e. The molecular weight excluding hydrogens is 290 g/mol. The van der Waals surface area contributed by atoms with Crippen LogP contribution < -0.4 is 5.11 Å². The molecule has 1 saturated heterocycles. The van der Waals surface area contributed by atoms with Crippen molar-refractivity contribution in [1.29, 1.82) is 0 Å². The monoisotopic (exact) mass is 310 g/mol. The van der Waals surface area contributed by atoms with Crippen LogP contribution in [0.2, 0.25) is 0 Å². The van der Waals surface area contributed by atoms with Gasteiger partial charge in [-0.15, -0.1) is 11.3 Å². The predicted octanol–water partition coefficient (Wildman–Crippen LogP) is 1.67. The molecule has 0 radical (unpaired) electrons. The molecule has 5 nitrogen and oxygen atoms in total. The number of carbonyl (C=O) groups excluding carboxylic acids is 2. The van der Waals surface area contributed by atoms with Gasteiger partial charge in [0.2, 0.25) is 0 Å². The Morgan fingerprint density at radius 1 is 1.48 bits per heavy atom. The van der Waals surface area contributed by atoms with Gasteiger partial charge in [-0.1, -0.05) is 6.07 Å². The van der Waals surface area contributed by atoms with E-state index in [1.807, 2.05) is 17.5 Å². The molecule has 21 heavy (non-hydrogen) atoms. The number of likely N-dealkylation sites (tertiary alicyclic amines) is 1. The van der Waals surface area contributed by atoms with Gasteiger partial charge < -0.3 is 14.6 Å². The van der Waals surface area contributed by atoms with Gasteiger partial charge in [0.15, 0.2) is 0 Å². The molecule has 6 heteroatoms. The van der Waals surface area contributed by atoms with E-state index in [1.165, 1.54) is 9.78 Å². The Balaban J connectivity index is 2.05. The average molecular weight is 310 g/mol. The van der Waals surface area contributed by atoms with E-state index in [1.54, 1.807) is 32.1 Å². The van der Waals surface area contributed by atoms with Gasteiger partial charge in [0.05, 0.1) is 12.0 Å². The second-order valence-electron chi connectivity index (χ2n) is 6.35. The summed E-state index contributed by atoms with van der Waals surface area (Å²) in [6.07, 6.45) is 0.616. The lowest BCUT2D eigenvalue weighted by atomic mass is 10.0. The molecule has 1 aliphatic heterocycles. The van der Waals surface area contributed by atoms with Gasteiger partial charge in [-0.3, -0.25) is 4.90 Å². The van der Waals surface area contributed by atoms with Crippen molar-refractivity contribution in [3.63, 3.8) is 0 Å². The zero-order chi connectivity index (χ0) is 15.6. The highest BCUT2D eigenvalue weighted by molar-refractivity contribution is 7.09. The molecule has 0 unspecified atom stereocenters. The summed E-state index contributed by atoms with van der Waals surface area (Å²) in [6, 6.07) is 3.09. The first-order valence-corrected chi connectivity index (χ1v) is 7.87. The van der Waals surface area contributed by atoms with Gasteiger partial charge in [-0.05, 0) is 51.0 Å². The summed E-state index contributed by atoms with van der Waals surface area (Å²) in [5, 5.41) is 13.3. The number of thiophene rings is 1. The maximum absolute atomic E-state index is 12.1. The number of hydrogen-bond donors (Lipinski definition) is 0. The van der Waals surface area contributed by atoms with E-state index >= 15 is 0 Å². The lowest BCUT2D eigenvalue weighted by Gasteiger charge is -2.28. The quantitative estimate of drug-likeness (QED) is 0.851. The SMILES string of the molecule is CC(C)(C)OC(=O)N1C[C@H](Cc2cccs2)C[C@H]1C(=O)[O-]. The van der Waals surface area contributed by atoms with Crippen LogP contribution in [0.1, 0.15) is 32.1 Å². The minimum atomic E-state index is -1.21. The molecule has 1 aliphatic rings. The number of aliphatic carboxylic acids is 1. The maximum Gasteiger partial charge on any atom is 0.410 e. The van der Waals surface area contributed by atoms with Gasteiger partial charge >= 0.3 is 6.09 Å². The summed E-state index contributed by atoms with van der Waals surface area (Å²) in [7, 11) is 0. The Morgan fingerprint density at radius 3 is 2.71 bits per heavy atom. The second kappa shape index (κ2) is 6.05. The average Bonchev–Trinajstić information content (AvgIpc) is 2.96. The summed E-state index contributed by atoms with van der Waals surface area (Å²) in [5.41, 5.74) is -0.639. The van der Waals surface area contributed by atoms with Gasteiger partial charge in [0, 0.05) is 11.4 Å². The number of amides is 1. The lowest BCUT2D eigenvalue weighted by Crippen LogP contribution is -2.48. The molecule has 1 fully saturated rings. The normalized spacial score (nSPS) is 22.3. The third kappa shape index (κ3) is 4.20. The molecular formula is C15H20NO4S-. The Kier molecular flexibility index (Phi) is 4.56. The first-order chi connectivity index (χ1) is 9.76. The van der Waals surface area contributed by atoms with Crippen molar-refractivity contribution in [3.05, 3.63) is 22.4 Å². The molecule has 2 atom stereocenters. The third-order valence-corrected chi connectivity index (χ3v) is 4.26. The van der Waals surface area contributed by atoms with E-state index in [-0.39, 0.29) is 5.92 Å². The highest BCUT2D eigenvalue weighted by Crippen LogP contribution is 2.29. The molecule has 1 aromatic heterocycles. The molecule has 0 saturated carbocycles. The van der Waals surface area contributed by atoms with Crippen molar-refractivity contribution in [2.24, 2.45) is 5.92 Å². The van der Waals surface area contributed by atoms with E-state index in [0.717, 1.165) is 6.42 Å². The van der Waals surface area contributed by atoms with Crippen LogP contribution in [0.3, 0.4) is 0 Å². The smallest absolute Gasteiger partial charge is 0.410 e. The molecule has 0 aliphatic carbocycles. The number of hydrogen-bond acceptors (Lipinski definition) is 5. The highest BCUT2D eigenvalue weighted by atomic mass is 32.1. The number of rotatable bonds is 3. The van der Waals surface area contributed by atoms with Crippen LogP contribution in [0.4, 0.5) is 4.79 Å². The van der Waals surface area contributed by atoms with Gasteiger partial charge in [0.25, 0.3) is 0 Å². The van der Waals surface area contributed by atoms with Crippen molar-refractivity contribution in [1.82, 2.24) is 4.90 Å². The van der Waals surface area contributed by atoms with E-state index in [4.69, 9.17) is 4.74 Å². The third-order valence-electron chi connectivity index (χ3n) is 3.36. The Hall–Kier alpha value is -1.56. The summed E-state index contributed by atoms with van der Waals surface area (Å²) in [5.74, 6) is -1.09. The van der Waals surface area contributed by atoms with E-state index < -0.39 is 23.7 Å². The fourth-order valence-corrected chi connectivity index (χ4v) is 3.35. The van der Waals surface area contributed by atoms with Crippen molar-refractivity contribution in [2.75, 3.05) is 6.54 Å². The van der Waals surface area contributed by atoms with Gasteiger partial charge in [-0.25, -0.2) is 4.79 Å². The van der Waals surface area contributed by atoms with Crippen LogP contribution in [-0.4, -0.2) is 35.2 Å². The van der Waals surface area contributed by atoms with Gasteiger partial charge in [0.1, 0.15) is 5.60 Å². The number of carboxylic acids is 1. The minimum absolute atomic E-state index is 0.124. The largest absolute Gasteiger partial charge is 0.548 e. The summed E-state index contributed by atoms with van der Waals surface area (Å²) in [6.45, 7) is 5.68. The molecule has 0 N–H and O–H groups in total. The number of carbonyl (C=O) groups is 2. The predicted molar refractivity (Wildman–Crippen MR) is 77.9 cm³/mol. The summed E-state index contributed by atoms with van der Waals surface area (Å²) in [4.78, 5) is 25.9. The highest BCUT2D eigenvalue weighted by Gasteiger charge is 2.38. The number of nitrogens with zero attached hydrogens (tertiary/aromatic N) is 1. The summed E-state index contributed by atoms with van der Waals surface area (Å²) >= 11 is 1.64. The van der Waals surface area contributed by atoms with Crippen molar-refractivity contribution in [2.45, 2.75) is 45.3 Å². The van der Waals surface area contributed by atoms with Crippen molar-refractivity contribution >= 4 is 23.4 Å². The number of ether oxygens (including phenoxy) is 1. The number of carboxylic acid groups (broad SMARTS) is 1. The second-order valence-corrected chi connectivity index (χ2v) is 7.38. The van der Waals surface area contributed by atoms with Gasteiger partial charge in [-0.2, -0.15) is 0 Å². The molecule has 0 bridgehead atoms. The lowest BCUT2D eigenvalue weighted by molar-refractivity contribution is -0.310. The molecule has 2 heterocycles. The Labute approximate surface area is 128 Å². The first kappa shape index (κ1) is 15.8. The van der Waals surface area contributed by atoms with E-state index in [9.17, 15) is 14.7 Å². The van der Waals surface area contributed by atoms with Crippen LogP contribution in [-0.2, 0) is 16.0 Å². The Bertz CT molecular complexity index is 506. The Morgan fingerprint density at radius 2 is 2.19 bits per heavy atom. The van der Waals surface area contributed by atoms with Crippen LogP contribution in [0.15, 0.2) is 17.5 Å². The first-order valence-electron chi connectivity index (χ1n) is 6.99. The van der Waals surface area contributed by atoms with E-state index in [0.29, 0.717) is 13.0 Å². The fourth-order valence-electron chi connectivity index (χ4n) is 2.53. The van der Waals surface area contributed by atoms with Crippen LogP contribution >= 0.6 is 11.3 Å². The molecule has 1 aromatic rings. The zero-order valence-corrected chi connectivity index (χ0v) is 13.3. The van der Waals surface area contributed by atoms with Crippen molar-refractivity contribution in [3.8, 4) is 0 Å². The standard InChI is InChI=1S/C15H21NO4S/c1-15(2,3)20-14(19)16-9-10(8-12(16)13(17)18)7-11-5-4-6-21-11/h4-6,10,12H,7-9H2,1-3H3,(H,17,18)/p-1/t10-,12+/m1/s1. The van der Waals surface area contributed by atoms with Crippen LogP contribution in [0, 0.1) is 5.92 Å².